The number of aromatic nitrogens is 1. The Kier molecular flexibility index (Phi) is 4.71. The number of benzene rings is 1. The Balaban J connectivity index is 2.28. The number of ketones is 1. The molecule has 19 heavy (non-hydrogen) atoms. The fourth-order valence-corrected chi connectivity index (χ4v) is 2.76. The zero-order valence-corrected chi connectivity index (χ0v) is 13.4. The Labute approximate surface area is 128 Å². The third kappa shape index (κ3) is 3.42. The van der Waals surface area contributed by atoms with E-state index in [-0.39, 0.29) is 5.78 Å². The lowest BCUT2D eigenvalue weighted by Gasteiger charge is -2.05. The van der Waals surface area contributed by atoms with Crippen molar-refractivity contribution in [2.75, 3.05) is 6.61 Å². The number of hydrogen-bond donors (Lipinski definition) is 0. The van der Waals surface area contributed by atoms with Crippen LogP contribution in [-0.4, -0.2) is 17.4 Å². The van der Waals surface area contributed by atoms with Crippen LogP contribution in [0.1, 0.15) is 23.0 Å². The minimum atomic E-state index is -0.123. The summed E-state index contributed by atoms with van der Waals surface area (Å²) in [6.07, 6.45) is 1.60. The molecule has 0 saturated heterocycles. The van der Waals surface area contributed by atoms with Crippen molar-refractivity contribution in [3.8, 4) is 5.75 Å². The van der Waals surface area contributed by atoms with Crippen LogP contribution in [0.4, 0.5) is 0 Å². The molecule has 0 bridgehead atoms. The fraction of sp³-hybridized carbons (Fsp3) is 0.143. The summed E-state index contributed by atoms with van der Waals surface area (Å²) in [5.41, 5.74) is 0.978. The first kappa shape index (κ1) is 14.2. The molecule has 0 amide bonds. The monoisotopic (exact) mass is 383 g/mol. The molecule has 0 aliphatic heterocycles. The Morgan fingerprint density at radius 1 is 1.26 bits per heavy atom. The van der Waals surface area contributed by atoms with Crippen molar-refractivity contribution in [2.45, 2.75) is 6.92 Å². The summed E-state index contributed by atoms with van der Waals surface area (Å²) >= 11 is 6.65. The number of pyridine rings is 1. The fourth-order valence-electron chi connectivity index (χ4n) is 1.59. The molecule has 1 heterocycles. The predicted molar refractivity (Wildman–Crippen MR) is 80.7 cm³/mol. The average molecular weight is 385 g/mol. The average Bonchev–Trinajstić information content (AvgIpc) is 2.39. The molecule has 0 unspecified atom stereocenters. The van der Waals surface area contributed by atoms with Gasteiger partial charge < -0.3 is 4.74 Å². The zero-order valence-electron chi connectivity index (χ0n) is 10.2. The summed E-state index contributed by atoms with van der Waals surface area (Å²) in [4.78, 5) is 16.4. The summed E-state index contributed by atoms with van der Waals surface area (Å²) in [6.45, 7) is 2.52. The molecule has 0 N–H and O–H groups in total. The van der Waals surface area contributed by atoms with E-state index < -0.39 is 0 Å². The minimum Gasteiger partial charge on any atom is -0.494 e. The molecule has 0 aliphatic carbocycles. The van der Waals surface area contributed by atoms with Gasteiger partial charge in [-0.25, -0.2) is 0 Å². The Morgan fingerprint density at radius 3 is 2.53 bits per heavy atom. The maximum atomic E-state index is 12.3. The van der Waals surface area contributed by atoms with Crippen LogP contribution in [0.5, 0.6) is 5.75 Å². The smallest absolute Gasteiger partial charge is 0.212 e. The molecular formula is C14H11Br2NO2. The number of halogens is 2. The number of carbonyl (C=O) groups is 1. The van der Waals surface area contributed by atoms with Crippen LogP contribution < -0.4 is 4.74 Å². The molecule has 98 valence electrons. The highest BCUT2D eigenvalue weighted by Crippen LogP contribution is 2.22. The molecule has 2 rings (SSSR count). The highest BCUT2D eigenvalue weighted by Gasteiger charge is 2.14. The second-order valence-electron chi connectivity index (χ2n) is 3.77. The second-order valence-corrected chi connectivity index (χ2v) is 5.54. The van der Waals surface area contributed by atoms with Gasteiger partial charge in [-0.05, 0) is 69.1 Å². The van der Waals surface area contributed by atoms with Crippen molar-refractivity contribution >= 4 is 37.6 Å². The van der Waals surface area contributed by atoms with E-state index in [2.05, 4.69) is 36.8 Å². The largest absolute Gasteiger partial charge is 0.494 e. The van der Waals surface area contributed by atoms with Crippen molar-refractivity contribution in [2.24, 2.45) is 0 Å². The third-order valence-corrected chi connectivity index (χ3v) is 3.49. The molecular weight excluding hydrogens is 374 g/mol. The van der Waals surface area contributed by atoms with Gasteiger partial charge in [-0.1, -0.05) is 0 Å². The molecule has 0 atom stereocenters. The maximum absolute atomic E-state index is 12.3. The van der Waals surface area contributed by atoms with Crippen molar-refractivity contribution < 1.29 is 9.53 Å². The minimum absolute atomic E-state index is 0.123. The van der Waals surface area contributed by atoms with Gasteiger partial charge in [0.2, 0.25) is 5.78 Å². The number of ether oxygens (including phenoxy) is 1. The van der Waals surface area contributed by atoms with E-state index in [0.717, 1.165) is 10.2 Å². The lowest BCUT2D eigenvalue weighted by molar-refractivity contribution is 0.103. The van der Waals surface area contributed by atoms with Gasteiger partial charge in [-0.2, -0.15) is 0 Å². The third-order valence-electron chi connectivity index (χ3n) is 2.45. The number of carbonyl (C=O) groups excluding carboxylic acids is 1. The van der Waals surface area contributed by atoms with Crippen molar-refractivity contribution in [3.05, 3.63) is 56.7 Å². The molecule has 5 heteroatoms. The van der Waals surface area contributed by atoms with E-state index in [0.29, 0.717) is 22.3 Å². The first-order valence-electron chi connectivity index (χ1n) is 5.70. The lowest BCUT2D eigenvalue weighted by atomic mass is 10.1. The SMILES string of the molecule is CCOc1ccc(C(=O)c2ncc(Br)cc2Br)cc1. The van der Waals surface area contributed by atoms with Crippen molar-refractivity contribution in [1.82, 2.24) is 4.98 Å². The van der Waals surface area contributed by atoms with Gasteiger partial charge in [0.15, 0.2) is 0 Å². The topological polar surface area (TPSA) is 39.2 Å². The van der Waals surface area contributed by atoms with Crippen molar-refractivity contribution in [3.63, 3.8) is 0 Å². The van der Waals surface area contributed by atoms with Gasteiger partial charge in [0.1, 0.15) is 11.4 Å². The van der Waals surface area contributed by atoms with Gasteiger partial charge in [-0.3, -0.25) is 9.78 Å². The van der Waals surface area contributed by atoms with E-state index in [1.54, 1.807) is 36.5 Å². The van der Waals surface area contributed by atoms with Gasteiger partial charge in [0, 0.05) is 20.7 Å². The van der Waals surface area contributed by atoms with E-state index in [4.69, 9.17) is 4.74 Å². The maximum Gasteiger partial charge on any atom is 0.212 e. The Bertz CT molecular complexity index is 597. The highest BCUT2D eigenvalue weighted by molar-refractivity contribution is 9.11. The van der Waals surface area contributed by atoms with Crippen LogP contribution in [0.3, 0.4) is 0 Å². The van der Waals surface area contributed by atoms with Gasteiger partial charge in [0.25, 0.3) is 0 Å². The van der Waals surface area contributed by atoms with E-state index in [9.17, 15) is 4.79 Å². The van der Waals surface area contributed by atoms with Gasteiger partial charge in [0.05, 0.1) is 6.61 Å². The van der Waals surface area contributed by atoms with Crippen LogP contribution in [0, 0.1) is 0 Å². The van der Waals surface area contributed by atoms with E-state index in [1.165, 1.54) is 0 Å². The van der Waals surface area contributed by atoms with Gasteiger partial charge in [-0.15, -0.1) is 0 Å². The molecule has 1 aromatic heterocycles. The molecule has 0 saturated carbocycles. The standard InChI is InChI=1S/C14H11Br2NO2/c1-2-19-11-5-3-9(4-6-11)14(18)13-12(16)7-10(15)8-17-13/h3-8H,2H2,1H3. The quantitative estimate of drug-likeness (QED) is 0.740. The van der Waals surface area contributed by atoms with E-state index in [1.807, 2.05) is 6.92 Å². The summed E-state index contributed by atoms with van der Waals surface area (Å²) in [5.74, 6) is 0.629. The molecule has 2 aromatic rings. The van der Waals surface area contributed by atoms with Crippen LogP contribution in [0.15, 0.2) is 45.5 Å². The summed E-state index contributed by atoms with van der Waals surface area (Å²) in [7, 11) is 0. The summed E-state index contributed by atoms with van der Waals surface area (Å²) in [5, 5.41) is 0. The van der Waals surface area contributed by atoms with Crippen LogP contribution in [-0.2, 0) is 0 Å². The van der Waals surface area contributed by atoms with Crippen molar-refractivity contribution in [1.29, 1.82) is 0 Å². The molecule has 0 spiro atoms. The predicted octanol–water partition coefficient (Wildman–Crippen LogP) is 4.24. The second kappa shape index (κ2) is 6.30. The first-order chi connectivity index (χ1) is 9.11. The van der Waals surface area contributed by atoms with Crippen LogP contribution in [0.25, 0.3) is 0 Å². The first-order valence-corrected chi connectivity index (χ1v) is 7.29. The normalized spacial score (nSPS) is 10.3. The number of nitrogens with zero attached hydrogens (tertiary/aromatic N) is 1. The Morgan fingerprint density at radius 2 is 1.95 bits per heavy atom. The lowest BCUT2D eigenvalue weighted by Crippen LogP contribution is -2.05. The summed E-state index contributed by atoms with van der Waals surface area (Å²) in [6, 6.07) is 8.84. The van der Waals surface area contributed by atoms with E-state index >= 15 is 0 Å². The molecule has 0 fully saturated rings. The zero-order chi connectivity index (χ0) is 13.8. The molecule has 0 aliphatic rings. The highest BCUT2D eigenvalue weighted by atomic mass is 79.9. The van der Waals surface area contributed by atoms with Gasteiger partial charge >= 0.3 is 0 Å². The number of hydrogen-bond acceptors (Lipinski definition) is 3. The molecule has 1 aromatic carbocycles. The number of rotatable bonds is 4. The van der Waals surface area contributed by atoms with Crippen LogP contribution >= 0.6 is 31.9 Å². The van der Waals surface area contributed by atoms with Crippen LogP contribution in [0.2, 0.25) is 0 Å². The Hall–Kier alpha value is -1.20. The molecule has 3 nitrogen and oxygen atoms in total. The molecule has 0 radical (unpaired) electrons. The summed E-state index contributed by atoms with van der Waals surface area (Å²) < 4.78 is 6.83.